The minimum Gasteiger partial charge on any atom is -0.481 e. The van der Waals surface area contributed by atoms with Gasteiger partial charge in [-0.3, -0.25) is 4.79 Å². The van der Waals surface area contributed by atoms with Crippen LogP contribution in [0, 0.1) is 17.8 Å². The van der Waals surface area contributed by atoms with Crippen molar-refractivity contribution in [1.82, 2.24) is 0 Å². The summed E-state index contributed by atoms with van der Waals surface area (Å²) >= 11 is 0. The van der Waals surface area contributed by atoms with Crippen LogP contribution in [0.4, 0.5) is 0 Å². The average molecular weight is 200 g/mol. The third-order valence-electron chi connectivity index (χ3n) is 3.25. The Morgan fingerprint density at radius 3 is 2.43 bits per heavy atom. The van der Waals surface area contributed by atoms with E-state index in [9.17, 15) is 4.79 Å². The number of rotatable bonds is 5. The normalized spacial score (nSPS) is 22.1. The number of carboxylic acids is 1. The van der Waals surface area contributed by atoms with E-state index in [1.165, 1.54) is 12.8 Å². The summed E-state index contributed by atoms with van der Waals surface area (Å²) in [5.41, 5.74) is 0. The van der Waals surface area contributed by atoms with Gasteiger partial charge < -0.3 is 10.2 Å². The molecule has 1 aliphatic rings. The van der Waals surface area contributed by atoms with E-state index in [1.807, 2.05) is 6.92 Å². The quantitative estimate of drug-likeness (QED) is 0.712. The number of aliphatic hydroxyl groups is 1. The lowest BCUT2D eigenvalue weighted by Gasteiger charge is -2.21. The second-order valence-electron chi connectivity index (χ2n) is 4.51. The fraction of sp³-hybridized carbons (Fsp3) is 0.909. The third kappa shape index (κ3) is 2.98. The molecule has 1 aliphatic carbocycles. The molecule has 3 nitrogen and oxygen atoms in total. The van der Waals surface area contributed by atoms with E-state index in [2.05, 4.69) is 0 Å². The molecular weight excluding hydrogens is 180 g/mol. The first-order chi connectivity index (χ1) is 6.65. The molecule has 1 saturated carbocycles. The van der Waals surface area contributed by atoms with E-state index >= 15 is 0 Å². The summed E-state index contributed by atoms with van der Waals surface area (Å²) in [4.78, 5) is 11.1. The van der Waals surface area contributed by atoms with Crippen LogP contribution in [-0.4, -0.2) is 22.8 Å². The molecule has 2 N–H and O–H groups in total. The molecule has 2 atom stereocenters. The molecule has 0 radical (unpaired) electrons. The van der Waals surface area contributed by atoms with Gasteiger partial charge in [-0.2, -0.15) is 0 Å². The minimum absolute atomic E-state index is 0.0938. The van der Waals surface area contributed by atoms with Crippen molar-refractivity contribution in [2.75, 3.05) is 6.61 Å². The van der Waals surface area contributed by atoms with Gasteiger partial charge in [-0.15, -0.1) is 0 Å². The zero-order valence-corrected chi connectivity index (χ0v) is 8.78. The topological polar surface area (TPSA) is 57.5 Å². The van der Waals surface area contributed by atoms with E-state index in [0.717, 1.165) is 12.8 Å². The fourth-order valence-electron chi connectivity index (χ4n) is 2.36. The second kappa shape index (κ2) is 5.35. The second-order valence-corrected chi connectivity index (χ2v) is 4.51. The highest BCUT2D eigenvalue weighted by atomic mass is 16.4. The Bertz CT molecular complexity index is 185. The van der Waals surface area contributed by atoms with Crippen molar-refractivity contribution in [2.24, 2.45) is 17.8 Å². The van der Waals surface area contributed by atoms with E-state index in [0.29, 0.717) is 12.3 Å². The highest BCUT2D eigenvalue weighted by Crippen LogP contribution is 2.34. The molecule has 2 unspecified atom stereocenters. The predicted molar refractivity (Wildman–Crippen MR) is 54.0 cm³/mol. The Kier molecular flexibility index (Phi) is 4.39. The number of aliphatic carboxylic acids is 1. The molecule has 82 valence electrons. The predicted octanol–water partition coefficient (Wildman–Crippen LogP) is 1.90. The molecule has 1 fully saturated rings. The van der Waals surface area contributed by atoms with Crippen LogP contribution in [0.2, 0.25) is 0 Å². The Labute approximate surface area is 85.1 Å². The zero-order chi connectivity index (χ0) is 10.6. The van der Waals surface area contributed by atoms with Crippen LogP contribution in [-0.2, 0) is 4.79 Å². The van der Waals surface area contributed by atoms with Gasteiger partial charge in [-0.05, 0) is 31.1 Å². The lowest BCUT2D eigenvalue weighted by atomic mass is 9.84. The van der Waals surface area contributed by atoms with Crippen molar-refractivity contribution < 1.29 is 15.0 Å². The van der Waals surface area contributed by atoms with Crippen LogP contribution in [0.3, 0.4) is 0 Å². The van der Waals surface area contributed by atoms with Gasteiger partial charge in [0.05, 0.1) is 5.92 Å². The number of aliphatic hydroxyl groups excluding tert-OH is 1. The van der Waals surface area contributed by atoms with Crippen molar-refractivity contribution >= 4 is 5.97 Å². The highest BCUT2D eigenvalue weighted by molar-refractivity contribution is 5.70. The van der Waals surface area contributed by atoms with Gasteiger partial charge in [0.15, 0.2) is 0 Å². The first kappa shape index (κ1) is 11.5. The van der Waals surface area contributed by atoms with Gasteiger partial charge in [0.25, 0.3) is 0 Å². The van der Waals surface area contributed by atoms with Crippen molar-refractivity contribution in [2.45, 2.75) is 39.0 Å². The monoisotopic (exact) mass is 200 g/mol. The van der Waals surface area contributed by atoms with Crippen molar-refractivity contribution in [3.05, 3.63) is 0 Å². The largest absolute Gasteiger partial charge is 0.481 e. The molecule has 0 aliphatic heterocycles. The van der Waals surface area contributed by atoms with Gasteiger partial charge >= 0.3 is 5.97 Å². The van der Waals surface area contributed by atoms with Crippen molar-refractivity contribution in [1.29, 1.82) is 0 Å². The summed E-state index contributed by atoms with van der Waals surface area (Å²) in [6, 6.07) is 0. The summed E-state index contributed by atoms with van der Waals surface area (Å²) in [6.07, 6.45) is 5.06. The Morgan fingerprint density at radius 1 is 1.43 bits per heavy atom. The van der Waals surface area contributed by atoms with Crippen LogP contribution in [0.15, 0.2) is 0 Å². The van der Waals surface area contributed by atoms with Crippen LogP contribution >= 0.6 is 0 Å². The number of carbonyl (C=O) groups is 1. The van der Waals surface area contributed by atoms with Crippen molar-refractivity contribution in [3.63, 3.8) is 0 Å². The molecule has 0 heterocycles. The molecule has 14 heavy (non-hydrogen) atoms. The van der Waals surface area contributed by atoms with Crippen molar-refractivity contribution in [3.8, 4) is 0 Å². The van der Waals surface area contributed by atoms with Gasteiger partial charge in [-0.1, -0.05) is 19.8 Å². The van der Waals surface area contributed by atoms with E-state index in [1.54, 1.807) is 0 Å². The van der Waals surface area contributed by atoms with Crippen LogP contribution in [0.25, 0.3) is 0 Å². The molecule has 0 saturated heterocycles. The van der Waals surface area contributed by atoms with E-state index in [-0.39, 0.29) is 18.4 Å². The lowest BCUT2D eigenvalue weighted by Crippen LogP contribution is -2.24. The SMILES string of the molecule is CC(CO)CC(C(=O)O)C1CCCC1. The Balaban J connectivity index is 2.49. The molecule has 3 heteroatoms. The van der Waals surface area contributed by atoms with Gasteiger partial charge in [0.2, 0.25) is 0 Å². The molecule has 0 spiro atoms. The zero-order valence-electron chi connectivity index (χ0n) is 8.78. The summed E-state index contributed by atoms with van der Waals surface area (Å²) in [5, 5.41) is 18.0. The standard InChI is InChI=1S/C11H20O3/c1-8(7-12)6-10(11(13)14)9-4-2-3-5-9/h8-10,12H,2-7H2,1H3,(H,13,14). The van der Waals surface area contributed by atoms with E-state index < -0.39 is 5.97 Å². The number of hydrogen-bond donors (Lipinski definition) is 2. The number of carboxylic acid groups (broad SMARTS) is 1. The Morgan fingerprint density at radius 2 is 2.00 bits per heavy atom. The summed E-state index contributed by atoms with van der Waals surface area (Å²) in [5.74, 6) is -0.463. The number of hydrogen-bond acceptors (Lipinski definition) is 2. The first-order valence-electron chi connectivity index (χ1n) is 5.48. The molecule has 0 amide bonds. The van der Waals surface area contributed by atoms with Gasteiger partial charge in [0.1, 0.15) is 0 Å². The van der Waals surface area contributed by atoms with Gasteiger partial charge in [0, 0.05) is 6.61 Å². The fourth-order valence-corrected chi connectivity index (χ4v) is 2.36. The molecule has 0 aromatic rings. The molecule has 0 aromatic carbocycles. The minimum atomic E-state index is -0.683. The van der Waals surface area contributed by atoms with Crippen LogP contribution in [0.5, 0.6) is 0 Å². The summed E-state index contributed by atoms with van der Waals surface area (Å²) in [6.45, 7) is 2.00. The summed E-state index contributed by atoms with van der Waals surface area (Å²) in [7, 11) is 0. The maximum atomic E-state index is 11.1. The smallest absolute Gasteiger partial charge is 0.306 e. The highest BCUT2D eigenvalue weighted by Gasteiger charge is 2.31. The third-order valence-corrected chi connectivity index (χ3v) is 3.25. The molecule has 0 bridgehead atoms. The molecular formula is C11H20O3. The van der Waals surface area contributed by atoms with Gasteiger partial charge in [-0.25, -0.2) is 0 Å². The maximum Gasteiger partial charge on any atom is 0.306 e. The Hall–Kier alpha value is -0.570. The molecule has 1 rings (SSSR count). The first-order valence-corrected chi connectivity index (χ1v) is 5.48. The lowest BCUT2D eigenvalue weighted by molar-refractivity contribution is -0.144. The van der Waals surface area contributed by atoms with Crippen LogP contribution in [0.1, 0.15) is 39.0 Å². The average Bonchev–Trinajstić information content (AvgIpc) is 2.65. The van der Waals surface area contributed by atoms with Crippen LogP contribution < -0.4 is 0 Å². The van der Waals surface area contributed by atoms with E-state index in [4.69, 9.17) is 10.2 Å². The maximum absolute atomic E-state index is 11.1. The molecule has 0 aromatic heterocycles. The summed E-state index contributed by atoms with van der Waals surface area (Å²) < 4.78 is 0.